The Bertz CT molecular complexity index is 571. The van der Waals surface area contributed by atoms with Gasteiger partial charge in [-0.25, -0.2) is 13.5 Å². The second-order valence-electron chi connectivity index (χ2n) is 4.02. The van der Waals surface area contributed by atoms with Crippen LogP contribution in [0.3, 0.4) is 0 Å². The standard InChI is InChI=1S/C12H14F2N4O/c13-9-3-2-8(6-10(9)14)12-11(7-15)16-17-18(12)4-1-5-19/h2-3,6,19H,1,4-5,7,15H2. The van der Waals surface area contributed by atoms with E-state index in [1.54, 1.807) is 0 Å². The molecule has 0 spiro atoms. The number of benzene rings is 1. The maximum Gasteiger partial charge on any atom is 0.159 e. The van der Waals surface area contributed by atoms with Crippen molar-refractivity contribution in [3.05, 3.63) is 35.5 Å². The van der Waals surface area contributed by atoms with Gasteiger partial charge in [0.25, 0.3) is 0 Å². The van der Waals surface area contributed by atoms with Gasteiger partial charge in [-0.1, -0.05) is 5.21 Å². The van der Waals surface area contributed by atoms with E-state index in [0.717, 1.165) is 12.1 Å². The largest absolute Gasteiger partial charge is 0.396 e. The van der Waals surface area contributed by atoms with Crippen molar-refractivity contribution in [3.8, 4) is 11.3 Å². The van der Waals surface area contributed by atoms with Gasteiger partial charge in [0.15, 0.2) is 11.6 Å². The van der Waals surface area contributed by atoms with E-state index in [-0.39, 0.29) is 13.2 Å². The van der Waals surface area contributed by atoms with Gasteiger partial charge in [-0.2, -0.15) is 0 Å². The minimum Gasteiger partial charge on any atom is -0.396 e. The highest BCUT2D eigenvalue weighted by molar-refractivity contribution is 5.62. The van der Waals surface area contributed by atoms with E-state index in [1.807, 2.05) is 0 Å². The van der Waals surface area contributed by atoms with E-state index in [0.29, 0.717) is 29.9 Å². The van der Waals surface area contributed by atoms with Crippen LogP contribution in [0.15, 0.2) is 18.2 Å². The fraction of sp³-hybridized carbons (Fsp3) is 0.333. The molecule has 2 rings (SSSR count). The minimum absolute atomic E-state index is 0.00897. The van der Waals surface area contributed by atoms with Crippen molar-refractivity contribution in [2.75, 3.05) is 6.61 Å². The highest BCUT2D eigenvalue weighted by Crippen LogP contribution is 2.24. The molecule has 19 heavy (non-hydrogen) atoms. The number of rotatable bonds is 5. The van der Waals surface area contributed by atoms with E-state index in [9.17, 15) is 8.78 Å². The van der Waals surface area contributed by atoms with Gasteiger partial charge in [-0.05, 0) is 24.6 Å². The first-order valence-corrected chi connectivity index (χ1v) is 5.86. The molecular weight excluding hydrogens is 254 g/mol. The van der Waals surface area contributed by atoms with Crippen LogP contribution in [0.1, 0.15) is 12.1 Å². The molecule has 0 saturated heterocycles. The van der Waals surface area contributed by atoms with Gasteiger partial charge < -0.3 is 10.8 Å². The molecule has 2 aromatic rings. The number of aliphatic hydroxyl groups excluding tert-OH is 1. The normalized spacial score (nSPS) is 10.9. The van der Waals surface area contributed by atoms with E-state index >= 15 is 0 Å². The summed E-state index contributed by atoms with van der Waals surface area (Å²) >= 11 is 0. The van der Waals surface area contributed by atoms with Crippen molar-refractivity contribution in [2.45, 2.75) is 19.5 Å². The number of aryl methyl sites for hydroxylation is 1. The zero-order valence-corrected chi connectivity index (χ0v) is 10.2. The monoisotopic (exact) mass is 268 g/mol. The topological polar surface area (TPSA) is 77.0 Å². The Morgan fingerprint density at radius 3 is 2.68 bits per heavy atom. The van der Waals surface area contributed by atoms with Crippen LogP contribution in [-0.2, 0) is 13.1 Å². The molecule has 0 unspecified atom stereocenters. The van der Waals surface area contributed by atoms with E-state index in [1.165, 1.54) is 10.7 Å². The lowest BCUT2D eigenvalue weighted by atomic mass is 10.1. The number of nitrogens with two attached hydrogens (primary N) is 1. The van der Waals surface area contributed by atoms with Crippen LogP contribution in [0.2, 0.25) is 0 Å². The number of aromatic nitrogens is 3. The summed E-state index contributed by atoms with van der Waals surface area (Å²) in [5, 5.41) is 16.7. The highest BCUT2D eigenvalue weighted by atomic mass is 19.2. The summed E-state index contributed by atoms with van der Waals surface area (Å²) in [4.78, 5) is 0. The first-order valence-electron chi connectivity index (χ1n) is 5.86. The van der Waals surface area contributed by atoms with Crippen molar-refractivity contribution >= 4 is 0 Å². The van der Waals surface area contributed by atoms with Gasteiger partial charge in [0, 0.05) is 25.3 Å². The Kier molecular flexibility index (Phi) is 4.18. The first-order chi connectivity index (χ1) is 9.17. The SMILES string of the molecule is NCc1nnn(CCCO)c1-c1ccc(F)c(F)c1. The van der Waals surface area contributed by atoms with Crippen LogP contribution in [0.4, 0.5) is 8.78 Å². The molecule has 1 heterocycles. The van der Waals surface area contributed by atoms with Gasteiger partial charge in [0.2, 0.25) is 0 Å². The molecule has 0 fully saturated rings. The zero-order valence-electron chi connectivity index (χ0n) is 10.2. The summed E-state index contributed by atoms with van der Waals surface area (Å²) in [5.74, 6) is -1.84. The van der Waals surface area contributed by atoms with Gasteiger partial charge in [0.1, 0.15) is 5.69 Å². The summed E-state index contributed by atoms with van der Waals surface area (Å²) in [6.07, 6.45) is 0.490. The fourth-order valence-electron chi connectivity index (χ4n) is 1.82. The third-order valence-electron chi connectivity index (χ3n) is 2.72. The summed E-state index contributed by atoms with van der Waals surface area (Å²) < 4.78 is 27.8. The molecule has 0 atom stereocenters. The Labute approximate surface area is 108 Å². The van der Waals surface area contributed by atoms with Crippen molar-refractivity contribution in [1.29, 1.82) is 0 Å². The first kappa shape index (κ1) is 13.6. The van der Waals surface area contributed by atoms with Gasteiger partial charge in [-0.15, -0.1) is 5.10 Å². The predicted octanol–water partition coefficient (Wildman–Crippen LogP) is 1.06. The Hall–Kier alpha value is -1.86. The van der Waals surface area contributed by atoms with Crippen LogP contribution in [0.25, 0.3) is 11.3 Å². The van der Waals surface area contributed by atoms with Gasteiger partial charge >= 0.3 is 0 Å². The molecule has 102 valence electrons. The lowest BCUT2D eigenvalue weighted by Crippen LogP contribution is -2.06. The van der Waals surface area contributed by atoms with Crippen LogP contribution < -0.4 is 5.73 Å². The maximum absolute atomic E-state index is 13.3. The van der Waals surface area contributed by atoms with E-state index in [4.69, 9.17) is 10.8 Å². The molecule has 0 aliphatic rings. The van der Waals surface area contributed by atoms with Gasteiger partial charge in [-0.3, -0.25) is 0 Å². The molecule has 1 aromatic carbocycles. The van der Waals surface area contributed by atoms with Crippen molar-refractivity contribution in [3.63, 3.8) is 0 Å². The molecule has 0 saturated carbocycles. The summed E-state index contributed by atoms with van der Waals surface area (Å²) in [7, 11) is 0. The molecular formula is C12H14F2N4O. The highest BCUT2D eigenvalue weighted by Gasteiger charge is 2.15. The molecule has 5 nitrogen and oxygen atoms in total. The zero-order chi connectivity index (χ0) is 13.8. The predicted molar refractivity (Wildman–Crippen MR) is 65.0 cm³/mol. The molecule has 0 radical (unpaired) electrons. The van der Waals surface area contributed by atoms with Crippen LogP contribution in [0.5, 0.6) is 0 Å². The maximum atomic E-state index is 13.3. The summed E-state index contributed by atoms with van der Waals surface area (Å²) in [6, 6.07) is 3.59. The Balaban J connectivity index is 2.45. The molecule has 0 aliphatic heterocycles. The lowest BCUT2D eigenvalue weighted by molar-refractivity contribution is 0.276. The number of hydrogen-bond acceptors (Lipinski definition) is 4. The molecule has 0 bridgehead atoms. The quantitative estimate of drug-likeness (QED) is 0.850. The molecule has 3 N–H and O–H groups in total. The third kappa shape index (κ3) is 2.77. The molecule has 1 aromatic heterocycles. The van der Waals surface area contributed by atoms with Crippen LogP contribution in [-0.4, -0.2) is 26.7 Å². The third-order valence-corrected chi connectivity index (χ3v) is 2.72. The average molecular weight is 268 g/mol. The van der Waals surface area contributed by atoms with E-state index in [2.05, 4.69) is 10.3 Å². The Morgan fingerprint density at radius 1 is 1.26 bits per heavy atom. The summed E-state index contributed by atoms with van der Waals surface area (Å²) in [6.45, 7) is 0.584. The second-order valence-corrected chi connectivity index (χ2v) is 4.02. The fourth-order valence-corrected chi connectivity index (χ4v) is 1.82. The van der Waals surface area contributed by atoms with Crippen LogP contribution >= 0.6 is 0 Å². The molecule has 7 heteroatoms. The van der Waals surface area contributed by atoms with E-state index < -0.39 is 11.6 Å². The number of nitrogens with zero attached hydrogens (tertiary/aromatic N) is 3. The smallest absolute Gasteiger partial charge is 0.159 e. The van der Waals surface area contributed by atoms with Crippen molar-refractivity contribution < 1.29 is 13.9 Å². The summed E-state index contributed by atoms with van der Waals surface area (Å²) in [5.41, 5.74) is 7.08. The Morgan fingerprint density at radius 2 is 2.05 bits per heavy atom. The number of aliphatic hydroxyl groups is 1. The number of halogens is 2. The second kappa shape index (κ2) is 5.85. The molecule has 0 aliphatic carbocycles. The van der Waals surface area contributed by atoms with Gasteiger partial charge in [0.05, 0.1) is 5.69 Å². The lowest BCUT2D eigenvalue weighted by Gasteiger charge is -2.07. The number of hydrogen-bond donors (Lipinski definition) is 2. The minimum atomic E-state index is -0.935. The average Bonchev–Trinajstić information content (AvgIpc) is 2.82. The van der Waals surface area contributed by atoms with Crippen molar-refractivity contribution in [2.24, 2.45) is 5.73 Å². The van der Waals surface area contributed by atoms with Crippen molar-refractivity contribution in [1.82, 2.24) is 15.0 Å². The molecule has 0 amide bonds. The van der Waals surface area contributed by atoms with Crippen LogP contribution in [0, 0.1) is 11.6 Å².